The Morgan fingerprint density at radius 2 is 2.12 bits per heavy atom. The number of nitrogens with one attached hydrogen (secondary N) is 2. The molecule has 5 rings (SSSR count). The molecule has 24 heavy (non-hydrogen) atoms. The molecule has 3 aromatic rings. The van der Waals surface area contributed by atoms with Gasteiger partial charge in [0, 0.05) is 40.1 Å². The van der Waals surface area contributed by atoms with Crippen molar-refractivity contribution in [3.05, 3.63) is 64.6 Å². The number of aromatic amines is 1. The van der Waals surface area contributed by atoms with Gasteiger partial charge in [0.15, 0.2) is 0 Å². The third-order valence-corrected chi connectivity index (χ3v) is 5.27. The fourth-order valence-electron chi connectivity index (χ4n) is 4.11. The highest BCUT2D eigenvalue weighted by molar-refractivity contribution is 5.90. The van der Waals surface area contributed by atoms with Crippen LogP contribution in [0.3, 0.4) is 0 Å². The molecule has 2 atom stereocenters. The SMILES string of the molecule is Cc1ccc(C#Cc2cccc3c4c([nH]c23)CC2CNC4C2)cn1. The minimum absolute atomic E-state index is 0.511. The van der Waals surface area contributed by atoms with E-state index < -0.39 is 0 Å². The van der Waals surface area contributed by atoms with Gasteiger partial charge in [-0.15, -0.1) is 0 Å². The van der Waals surface area contributed by atoms with Crippen molar-refractivity contribution in [3.63, 3.8) is 0 Å². The lowest BCUT2D eigenvalue weighted by atomic mass is 9.87. The third kappa shape index (κ3) is 2.15. The van der Waals surface area contributed by atoms with Crippen LogP contribution >= 0.6 is 0 Å². The van der Waals surface area contributed by atoms with Gasteiger partial charge in [0.25, 0.3) is 0 Å². The van der Waals surface area contributed by atoms with Crippen LogP contribution in [0.4, 0.5) is 0 Å². The van der Waals surface area contributed by atoms with Crippen molar-refractivity contribution >= 4 is 10.9 Å². The Bertz CT molecular complexity index is 986. The molecule has 2 N–H and O–H groups in total. The molecule has 1 fully saturated rings. The molecular formula is C21H19N3. The molecule has 0 radical (unpaired) electrons. The summed E-state index contributed by atoms with van der Waals surface area (Å²) in [5, 5.41) is 5.00. The highest BCUT2D eigenvalue weighted by atomic mass is 15.0. The summed E-state index contributed by atoms with van der Waals surface area (Å²) in [5.74, 6) is 7.36. The summed E-state index contributed by atoms with van der Waals surface area (Å²) in [6.45, 7) is 3.14. The Hall–Kier alpha value is -2.57. The smallest absolute Gasteiger partial charge is 0.0618 e. The van der Waals surface area contributed by atoms with Crippen molar-refractivity contribution in [2.24, 2.45) is 5.92 Å². The Balaban J connectivity index is 1.61. The van der Waals surface area contributed by atoms with Crippen LogP contribution in [0.5, 0.6) is 0 Å². The second-order valence-electron chi connectivity index (χ2n) is 6.95. The zero-order chi connectivity index (χ0) is 16.1. The first-order valence-electron chi connectivity index (χ1n) is 8.59. The summed E-state index contributed by atoms with van der Waals surface area (Å²) < 4.78 is 0. The summed E-state index contributed by atoms with van der Waals surface area (Å²) in [7, 11) is 0. The lowest BCUT2D eigenvalue weighted by molar-refractivity contribution is 0.523. The van der Waals surface area contributed by atoms with Gasteiger partial charge < -0.3 is 10.3 Å². The van der Waals surface area contributed by atoms with Crippen molar-refractivity contribution in [2.45, 2.75) is 25.8 Å². The fraction of sp³-hybridized carbons (Fsp3) is 0.286. The summed E-state index contributed by atoms with van der Waals surface area (Å²) in [4.78, 5) is 7.99. The maximum absolute atomic E-state index is 4.31. The fourth-order valence-corrected chi connectivity index (χ4v) is 4.11. The molecule has 2 aromatic heterocycles. The van der Waals surface area contributed by atoms with Gasteiger partial charge in [-0.2, -0.15) is 0 Å². The van der Waals surface area contributed by atoms with Gasteiger partial charge in [0.2, 0.25) is 0 Å². The van der Waals surface area contributed by atoms with E-state index in [0.29, 0.717) is 6.04 Å². The van der Waals surface area contributed by atoms with Crippen LogP contribution in [0.25, 0.3) is 10.9 Å². The van der Waals surface area contributed by atoms with Crippen molar-refractivity contribution in [3.8, 4) is 11.8 Å². The number of rotatable bonds is 0. The normalized spacial score (nSPS) is 21.4. The molecule has 1 aliphatic carbocycles. The van der Waals surface area contributed by atoms with Crippen molar-refractivity contribution in [1.82, 2.24) is 15.3 Å². The predicted octanol–water partition coefficient (Wildman–Crippen LogP) is 3.48. The van der Waals surface area contributed by atoms with Gasteiger partial charge in [-0.3, -0.25) is 4.98 Å². The summed E-state index contributed by atoms with van der Waals surface area (Å²) in [6, 6.07) is 11.0. The molecule has 1 aromatic carbocycles. The minimum Gasteiger partial charge on any atom is -0.357 e. The van der Waals surface area contributed by atoms with E-state index in [1.807, 2.05) is 25.3 Å². The molecule has 2 unspecified atom stereocenters. The molecule has 1 aliphatic heterocycles. The lowest BCUT2D eigenvalue weighted by Crippen LogP contribution is -2.13. The van der Waals surface area contributed by atoms with Gasteiger partial charge in [-0.1, -0.05) is 24.0 Å². The zero-order valence-electron chi connectivity index (χ0n) is 13.7. The molecule has 0 saturated carbocycles. The maximum atomic E-state index is 4.31. The molecule has 1 saturated heterocycles. The average Bonchev–Trinajstić information content (AvgIpc) is 3.16. The first-order chi connectivity index (χ1) is 11.8. The number of pyridine rings is 1. The minimum atomic E-state index is 0.511. The largest absolute Gasteiger partial charge is 0.357 e. The average molecular weight is 313 g/mol. The van der Waals surface area contributed by atoms with Gasteiger partial charge in [0.05, 0.1) is 5.52 Å². The molecule has 3 heterocycles. The molecular weight excluding hydrogens is 294 g/mol. The Labute approximate surface area is 141 Å². The summed E-state index contributed by atoms with van der Waals surface area (Å²) in [6.07, 6.45) is 4.26. The number of para-hydroxylation sites is 1. The molecule has 0 spiro atoms. The van der Waals surface area contributed by atoms with Crippen LogP contribution in [-0.2, 0) is 6.42 Å². The molecule has 3 heteroatoms. The highest BCUT2D eigenvalue weighted by Crippen LogP contribution is 2.41. The quantitative estimate of drug-likeness (QED) is 0.624. The second-order valence-corrected chi connectivity index (χ2v) is 6.95. The van der Waals surface area contributed by atoms with Crippen LogP contribution in [0.2, 0.25) is 0 Å². The standard InChI is InChI=1S/C21H19N3/c1-13-5-6-14(11-22-13)7-8-16-3-2-4-17-20-18-9-15(12-23-18)10-19(20)24-21(16)17/h2-6,11,15,18,23-24H,9-10,12H2,1H3. The molecule has 2 bridgehead atoms. The highest BCUT2D eigenvalue weighted by Gasteiger charge is 2.35. The zero-order valence-corrected chi connectivity index (χ0v) is 13.7. The van der Waals surface area contributed by atoms with E-state index in [-0.39, 0.29) is 0 Å². The number of aryl methyl sites for hydroxylation is 1. The van der Waals surface area contributed by atoms with Gasteiger partial charge in [-0.25, -0.2) is 0 Å². The number of hydrogen-bond donors (Lipinski definition) is 2. The van der Waals surface area contributed by atoms with Gasteiger partial charge in [0.1, 0.15) is 0 Å². The first-order valence-corrected chi connectivity index (χ1v) is 8.59. The van der Waals surface area contributed by atoms with E-state index in [1.165, 1.54) is 28.6 Å². The van der Waals surface area contributed by atoms with E-state index >= 15 is 0 Å². The topological polar surface area (TPSA) is 40.7 Å². The van der Waals surface area contributed by atoms with E-state index in [9.17, 15) is 0 Å². The van der Waals surface area contributed by atoms with E-state index in [4.69, 9.17) is 0 Å². The van der Waals surface area contributed by atoms with Crippen LogP contribution < -0.4 is 5.32 Å². The van der Waals surface area contributed by atoms with E-state index in [0.717, 1.165) is 35.7 Å². The summed E-state index contributed by atoms with van der Waals surface area (Å²) >= 11 is 0. The van der Waals surface area contributed by atoms with Gasteiger partial charge in [-0.05, 0) is 56.0 Å². The molecule has 0 amide bonds. The van der Waals surface area contributed by atoms with Crippen molar-refractivity contribution in [1.29, 1.82) is 0 Å². The maximum Gasteiger partial charge on any atom is 0.0618 e. The van der Waals surface area contributed by atoms with Crippen LogP contribution in [0.15, 0.2) is 36.5 Å². The van der Waals surface area contributed by atoms with Crippen molar-refractivity contribution < 1.29 is 0 Å². The van der Waals surface area contributed by atoms with E-state index in [1.54, 1.807) is 0 Å². The predicted molar refractivity (Wildman–Crippen MR) is 95.8 cm³/mol. The van der Waals surface area contributed by atoms with Crippen LogP contribution in [0.1, 0.15) is 40.5 Å². The lowest BCUT2D eigenvalue weighted by Gasteiger charge is -2.18. The molecule has 2 aliphatic rings. The number of fused-ring (bicyclic) bond motifs is 6. The number of aromatic nitrogens is 2. The van der Waals surface area contributed by atoms with Crippen LogP contribution in [-0.4, -0.2) is 16.5 Å². The Morgan fingerprint density at radius 1 is 1.17 bits per heavy atom. The molecule has 3 nitrogen and oxygen atoms in total. The Kier molecular flexibility index (Phi) is 3.01. The third-order valence-electron chi connectivity index (χ3n) is 5.27. The van der Waals surface area contributed by atoms with Gasteiger partial charge >= 0.3 is 0 Å². The van der Waals surface area contributed by atoms with E-state index in [2.05, 4.69) is 45.3 Å². The number of H-pyrrole nitrogens is 1. The number of benzene rings is 1. The Morgan fingerprint density at radius 3 is 3.00 bits per heavy atom. The number of hydrogen-bond acceptors (Lipinski definition) is 2. The number of nitrogens with zero attached hydrogens (tertiary/aromatic N) is 1. The monoisotopic (exact) mass is 313 g/mol. The van der Waals surface area contributed by atoms with Crippen molar-refractivity contribution in [2.75, 3.05) is 6.54 Å². The summed E-state index contributed by atoms with van der Waals surface area (Å²) in [5.41, 5.74) is 7.10. The molecule has 118 valence electrons. The first kappa shape index (κ1) is 13.8. The second kappa shape index (κ2) is 5.22. The van der Waals surface area contributed by atoms with Crippen LogP contribution in [0, 0.1) is 24.7 Å².